The normalized spacial score (nSPS) is 18.4. The molecule has 1 saturated heterocycles. The van der Waals surface area contributed by atoms with Crippen LogP contribution in [0.2, 0.25) is 0 Å². The summed E-state index contributed by atoms with van der Waals surface area (Å²) in [5, 5.41) is 22.3. The molecule has 0 aliphatic carbocycles. The third kappa shape index (κ3) is 3.35. The van der Waals surface area contributed by atoms with Crippen LogP contribution in [0.25, 0.3) is 17.0 Å². The minimum absolute atomic E-state index is 0.343. The SMILES string of the molecule is CN/C(=N\C=N)c1cc(N2CCN(C)C[C@H]2C)c2c(C)nc(-c3ccn[nH]3)n2n1. The smallest absolute Gasteiger partial charge is 0.179 e. The second-order valence-electron chi connectivity index (χ2n) is 7.33. The summed E-state index contributed by atoms with van der Waals surface area (Å²) in [6, 6.07) is 4.27. The number of amidine groups is 1. The first-order chi connectivity index (χ1) is 14.0. The van der Waals surface area contributed by atoms with Crippen molar-refractivity contribution in [2.45, 2.75) is 19.9 Å². The van der Waals surface area contributed by atoms with Gasteiger partial charge in [-0.25, -0.2) is 14.5 Å². The Kier molecular flexibility index (Phi) is 5.01. The highest BCUT2D eigenvalue weighted by Crippen LogP contribution is 2.31. The second-order valence-corrected chi connectivity index (χ2v) is 7.33. The first-order valence-electron chi connectivity index (χ1n) is 9.63. The van der Waals surface area contributed by atoms with E-state index in [1.54, 1.807) is 13.2 Å². The average Bonchev–Trinajstić information content (AvgIpc) is 3.34. The summed E-state index contributed by atoms with van der Waals surface area (Å²) >= 11 is 0. The third-order valence-electron chi connectivity index (χ3n) is 5.31. The van der Waals surface area contributed by atoms with Crippen LogP contribution in [0.1, 0.15) is 18.3 Å². The number of piperazine rings is 1. The van der Waals surface area contributed by atoms with Crippen LogP contribution in [0.15, 0.2) is 23.3 Å². The zero-order valence-electron chi connectivity index (χ0n) is 17.1. The van der Waals surface area contributed by atoms with E-state index in [9.17, 15) is 0 Å². The standard InChI is InChI=1S/C19H26N10/c1-12-10-27(4)7-8-28(12)16-9-15(18(21-3)22-11-20)26-29-17(16)13(2)24-19(29)14-5-6-23-25-14/h5-6,9,11-12H,7-8,10H2,1-4H3,(H,23,25)(H2,20,21,22)/t12-/m1/s1. The van der Waals surface area contributed by atoms with Gasteiger partial charge < -0.3 is 15.1 Å². The molecular weight excluding hydrogens is 368 g/mol. The highest BCUT2D eigenvalue weighted by Gasteiger charge is 2.27. The lowest BCUT2D eigenvalue weighted by molar-refractivity contribution is 0.276. The number of aliphatic imine (C=N–C) groups is 1. The largest absolute Gasteiger partial charge is 0.371 e. The monoisotopic (exact) mass is 394 g/mol. The number of imidazole rings is 1. The van der Waals surface area contributed by atoms with Gasteiger partial charge in [0.05, 0.1) is 11.4 Å². The molecule has 3 aromatic rings. The fourth-order valence-corrected chi connectivity index (χ4v) is 3.95. The minimum atomic E-state index is 0.343. The number of fused-ring (bicyclic) bond motifs is 1. The van der Waals surface area contributed by atoms with Gasteiger partial charge in [-0.3, -0.25) is 10.5 Å². The van der Waals surface area contributed by atoms with E-state index in [0.29, 0.717) is 23.4 Å². The van der Waals surface area contributed by atoms with Crippen molar-refractivity contribution in [1.29, 1.82) is 5.41 Å². The Hall–Kier alpha value is -3.27. The van der Waals surface area contributed by atoms with E-state index >= 15 is 0 Å². The third-order valence-corrected chi connectivity index (χ3v) is 5.31. The van der Waals surface area contributed by atoms with Crippen LogP contribution in [0.3, 0.4) is 0 Å². The van der Waals surface area contributed by atoms with Gasteiger partial charge in [0.25, 0.3) is 0 Å². The summed E-state index contributed by atoms with van der Waals surface area (Å²) in [5.41, 5.74) is 4.40. The van der Waals surface area contributed by atoms with Gasteiger partial charge >= 0.3 is 0 Å². The maximum atomic E-state index is 7.38. The molecule has 3 N–H and O–H groups in total. The van der Waals surface area contributed by atoms with E-state index in [0.717, 1.165) is 48.6 Å². The molecule has 1 aliphatic heterocycles. The first kappa shape index (κ1) is 19.1. The summed E-state index contributed by atoms with van der Waals surface area (Å²) in [7, 11) is 3.93. The maximum absolute atomic E-state index is 7.38. The van der Waals surface area contributed by atoms with Gasteiger partial charge in [-0.05, 0) is 33.0 Å². The molecular formula is C19H26N10. The van der Waals surface area contributed by atoms with Gasteiger partial charge in [0.15, 0.2) is 11.7 Å². The number of aromatic amines is 1. The minimum Gasteiger partial charge on any atom is -0.371 e. The first-order valence-corrected chi connectivity index (χ1v) is 9.63. The van der Waals surface area contributed by atoms with Crippen LogP contribution in [-0.4, -0.2) is 81.6 Å². The predicted molar refractivity (Wildman–Crippen MR) is 114 cm³/mol. The summed E-state index contributed by atoms with van der Waals surface area (Å²) < 4.78 is 1.86. The maximum Gasteiger partial charge on any atom is 0.179 e. The van der Waals surface area contributed by atoms with E-state index in [4.69, 9.17) is 15.5 Å². The number of H-pyrrole nitrogens is 1. The van der Waals surface area contributed by atoms with Crippen molar-refractivity contribution >= 4 is 23.4 Å². The fraction of sp³-hybridized carbons (Fsp3) is 0.421. The highest BCUT2D eigenvalue weighted by molar-refractivity contribution is 6.02. The number of nitrogens with zero attached hydrogens (tertiary/aromatic N) is 7. The number of aryl methyl sites for hydroxylation is 1. The van der Waals surface area contributed by atoms with Crippen molar-refractivity contribution in [2.75, 3.05) is 38.6 Å². The van der Waals surface area contributed by atoms with Gasteiger partial charge in [-0.15, -0.1) is 0 Å². The number of rotatable bonds is 4. The van der Waals surface area contributed by atoms with Gasteiger partial charge in [0, 0.05) is 38.9 Å². The molecule has 10 nitrogen and oxygen atoms in total. The van der Waals surface area contributed by atoms with Crippen LogP contribution in [0, 0.1) is 12.3 Å². The zero-order valence-corrected chi connectivity index (χ0v) is 17.1. The molecule has 3 aromatic heterocycles. The quantitative estimate of drug-likeness (QED) is 0.452. The van der Waals surface area contributed by atoms with Crippen molar-refractivity contribution in [2.24, 2.45) is 4.99 Å². The average molecular weight is 394 g/mol. The molecule has 0 amide bonds. The van der Waals surface area contributed by atoms with Crippen molar-refractivity contribution < 1.29 is 0 Å². The van der Waals surface area contributed by atoms with Gasteiger partial charge in [-0.1, -0.05) is 0 Å². The molecule has 0 bridgehead atoms. The molecule has 0 radical (unpaired) electrons. The number of hydrogen-bond donors (Lipinski definition) is 3. The summed E-state index contributed by atoms with van der Waals surface area (Å²) in [4.78, 5) is 13.7. The van der Waals surface area contributed by atoms with Gasteiger partial charge in [0.2, 0.25) is 0 Å². The molecule has 1 aliphatic rings. The number of aromatic nitrogens is 5. The molecule has 1 atom stereocenters. The Labute approximate surface area is 169 Å². The van der Waals surface area contributed by atoms with Crippen LogP contribution in [-0.2, 0) is 0 Å². The Morgan fingerprint density at radius 1 is 1.41 bits per heavy atom. The van der Waals surface area contributed by atoms with Crippen molar-refractivity contribution in [3.63, 3.8) is 0 Å². The highest BCUT2D eigenvalue weighted by atomic mass is 15.3. The van der Waals surface area contributed by atoms with E-state index in [1.807, 2.05) is 23.6 Å². The molecule has 4 heterocycles. The summed E-state index contributed by atoms with van der Waals surface area (Å²) in [6.07, 6.45) is 2.72. The fourth-order valence-electron chi connectivity index (χ4n) is 3.95. The van der Waals surface area contributed by atoms with Crippen LogP contribution >= 0.6 is 0 Å². The van der Waals surface area contributed by atoms with Crippen molar-refractivity contribution in [3.8, 4) is 11.5 Å². The lowest BCUT2D eigenvalue weighted by Gasteiger charge is -2.40. The predicted octanol–water partition coefficient (Wildman–Crippen LogP) is 1.14. The van der Waals surface area contributed by atoms with Crippen LogP contribution in [0.4, 0.5) is 5.69 Å². The van der Waals surface area contributed by atoms with Crippen molar-refractivity contribution in [1.82, 2.24) is 35.0 Å². The lowest BCUT2D eigenvalue weighted by Crippen LogP contribution is -2.50. The Bertz CT molecular complexity index is 1050. The van der Waals surface area contributed by atoms with E-state index in [2.05, 4.69) is 44.3 Å². The zero-order chi connectivity index (χ0) is 20.5. The van der Waals surface area contributed by atoms with E-state index < -0.39 is 0 Å². The molecule has 0 saturated carbocycles. The number of hydrogen-bond acceptors (Lipinski definition) is 6. The molecule has 1 fully saturated rings. The van der Waals surface area contributed by atoms with E-state index in [-0.39, 0.29) is 0 Å². The molecule has 0 unspecified atom stereocenters. The summed E-state index contributed by atoms with van der Waals surface area (Å²) in [6.45, 7) is 7.13. The van der Waals surface area contributed by atoms with E-state index in [1.165, 1.54) is 0 Å². The topological polar surface area (TPSA) is 114 Å². The van der Waals surface area contributed by atoms with Crippen LogP contribution in [0.5, 0.6) is 0 Å². The van der Waals surface area contributed by atoms with Gasteiger partial charge in [0.1, 0.15) is 23.2 Å². The lowest BCUT2D eigenvalue weighted by atomic mass is 10.1. The molecule has 0 spiro atoms. The molecule has 4 rings (SSSR count). The van der Waals surface area contributed by atoms with Crippen LogP contribution < -0.4 is 10.2 Å². The number of nitrogens with one attached hydrogen (secondary N) is 3. The van der Waals surface area contributed by atoms with Crippen molar-refractivity contribution in [3.05, 3.63) is 29.7 Å². The molecule has 10 heteroatoms. The summed E-state index contributed by atoms with van der Waals surface area (Å²) in [5.74, 6) is 1.23. The molecule has 29 heavy (non-hydrogen) atoms. The Morgan fingerprint density at radius 3 is 2.90 bits per heavy atom. The number of likely N-dealkylation sites (N-methyl/N-ethyl adjacent to an activating group) is 1. The number of anilines is 1. The molecule has 0 aromatic carbocycles. The van der Waals surface area contributed by atoms with Gasteiger partial charge in [-0.2, -0.15) is 10.2 Å². The Balaban J connectivity index is 1.98. The Morgan fingerprint density at radius 2 is 2.24 bits per heavy atom. The second kappa shape index (κ2) is 7.63. The molecule has 152 valence electrons.